The fourth-order valence-electron chi connectivity index (χ4n) is 1.45. The molecule has 0 aromatic carbocycles. The smallest absolute Gasteiger partial charge is 0.423 e. The molecule has 0 saturated carbocycles. The number of hydrogen-bond acceptors (Lipinski definition) is 5. The van der Waals surface area contributed by atoms with Gasteiger partial charge in [-0.2, -0.15) is 0 Å². The molecule has 4 radical (unpaired) electrons. The molecule has 2 aliphatic rings. The van der Waals surface area contributed by atoms with Gasteiger partial charge >= 0.3 is 21.4 Å². The lowest BCUT2D eigenvalue weighted by Crippen LogP contribution is -2.56. The number of imide groups is 2. The Hall–Kier alpha value is -1.73. The SMILES string of the molecule is O=C1CN([Si](O[Si])N2CC(=O)NC2=O)C(=O)N1. The third-order valence-corrected chi connectivity index (χ3v) is 4.52. The molecular weight excluding hydrogens is 264 g/mol. The second-order valence-electron chi connectivity index (χ2n) is 3.26. The number of amides is 6. The molecule has 88 valence electrons. The lowest BCUT2D eigenvalue weighted by Gasteiger charge is -2.26. The molecule has 2 fully saturated rings. The number of nitrogens with zero attached hydrogens (tertiary/aromatic N) is 2. The zero-order valence-corrected chi connectivity index (χ0v) is 10.3. The zero-order chi connectivity index (χ0) is 12.6. The van der Waals surface area contributed by atoms with Crippen molar-refractivity contribution in [3.8, 4) is 0 Å². The molecule has 0 bridgehead atoms. The summed E-state index contributed by atoms with van der Waals surface area (Å²) >= 11 is 0. The van der Waals surface area contributed by atoms with Gasteiger partial charge in [0.05, 0.1) is 13.1 Å². The van der Waals surface area contributed by atoms with Crippen molar-refractivity contribution >= 4 is 43.7 Å². The number of nitrogens with one attached hydrogen (secondary N) is 2. The minimum absolute atomic E-state index is 0.199. The second-order valence-corrected chi connectivity index (χ2v) is 5.72. The molecule has 0 aromatic rings. The van der Waals surface area contributed by atoms with E-state index in [9.17, 15) is 19.2 Å². The quantitative estimate of drug-likeness (QED) is 0.425. The summed E-state index contributed by atoms with van der Waals surface area (Å²) in [5, 5.41) is 4.12. The maximum absolute atomic E-state index is 11.4. The Bertz CT molecular complexity index is 379. The van der Waals surface area contributed by atoms with Crippen LogP contribution >= 0.6 is 0 Å². The van der Waals surface area contributed by atoms with Crippen molar-refractivity contribution in [1.82, 2.24) is 19.8 Å². The minimum atomic E-state index is -2.29. The summed E-state index contributed by atoms with van der Waals surface area (Å²) in [6, 6.07) is -1.29. The molecule has 0 spiro atoms. The number of carbonyl (C=O) groups excluding carboxylic acids is 4. The highest BCUT2D eigenvalue weighted by molar-refractivity contribution is 6.57. The van der Waals surface area contributed by atoms with E-state index in [2.05, 4.69) is 21.1 Å². The molecular formula is C6H6N4O5Si2. The van der Waals surface area contributed by atoms with Crippen LogP contribution < -0.4 is 10.6 Å². The van der Waals surface area contributed by atoms with E-state index in [1.54, 1.807) is 0 Å². The van der Waals surface area contributed by atoms with E-state index in [1.165, 1.54) is 0 Å². The molecule has 0 aromatic heterocycles. The van der Waals surface area contributed by atoms with E-state index in [0.29, 0.717) is 0 Å². The maximum atomic E-state index is 11.4. The van der Waals surface area contributed by atoms with Crippen LogP contribution in [0.3, 0.4) is 0 Å². The van der Waals surface area contributed by atoms with Gasteiger partial charge in [-0.3, -0.25) is 20.2 Å². The van der Waals surface area contributed by atoms with Crippen LogP contribution in [0.1, 0.15) is 0 Å². The summed E-state index contributed by atoms with van der Waals surface area (Å²) in [6.45, 7) is -0.398. The van der Waals surface area contributed by atoms with Crippen LogP contribution in [0.15, 0.2) is 0 Å². The second kappa shape index (κ2) is 4.27. The van der Waals surface area contributed by atoms with Crippen LogP contribution in [-0.2, 0) is 13.7 Å². The summed E-state index contributed by atoms with van der Waals surface area (Å²) in [5.41, 5.74) is 0. The largest absolute Gasteiger partial charge is 0.478 e. The summed E-state index contributed by atoms with van der Waals surface area (Å²) < 4.78 is 7.05. The van der Waals surface area contributed by atoms with Crippen molar-refractivity contribution in [3.05, 3.63) is 0 Å². The molecule has 2 saturated heterocycles. The topological polar surface area (TPSA) is 108 Å². The van der Waals surface area contributed by atoms with Crippen molar-refractivity contribution in [2.24, 2.45) is 0 Å². The highest BCUT2D eigenvalue weighted by Gasteiger charge is 2.45. The van der Waals surface area contributed by atoms with Gasteiger partial charge in [-0.25, -0.2) is 9.59 Å². The fraction of sp³-hybridized carbons (Fsp3) is 0.333. The molecule has 0 unspecified atom stereocenters. The molecule has 17 heavy (non-hydrogen) atoms. The van der Waals surface area contributed by atoms with Crippen molar-refractivity contribution in [3.63, 3.8) is 0 Å². The zero-order valence-electron chi connectivity index (χ0n) is 8.35. The first kappa shape index (κ1) is 11.8. The van der Waals surface area contributed by atoms with E-state index in [4.69, 9.17) is 4.12 Å². The number of rotatable bonds is 3. The van der Waals surface area contributed by atoms with Crippen molar-refractivity contribution in [2.75, 3.05) is 13.1 Å². The molecule has 2 rings (SSSR count). The van der Waals surface area contributed by atoms with Crippen LogP contribution in [0.25, 0.3) is 0 Å². The standard InChI is InChI=1S/C6H6N4O5Si2/c11-3-1-9(5(13)7-3)17(15-16)10-2-4(12)8-6(10)14/h1-2H2,(H,7,11,13)(H,8,12,14). The fourth-order valence-corrected chi connectivity index (χ4v) is 3.64. The third-order valence-electron chi connectivity index (χ3n) is 2.14. The highest BCUT2D eigenvalue weighted by atomic mass is 28.3. The van der Waals surface area contributed by atoms with Gasteiger partial charge in [0, 0.05) is 0 Å². The first-order valence-electron chi connectivity index (χ1n) is 4.46. The monoisotopic (exact) mass is 270 g/mol. The molecule has 0 atom stereocenters. The molecule has 0 aliphatic carbocycles. The molecule has 9 nitrogen and oxygen atoms in total. The van der Waals surface area contributed by atoms with Crippen LogP contribution in [0.5, 0.6) is 0 Å². The normalized spacial score (nSPS) is 20.4. The maximum Gasteiger partial charge on any atom is 0.478 e. The predicted molar refractivity (Wildman–Crippen MR) is 53.1 cm³/mol. The average Bonchev–Trinajstić information content (AvgIpc) is 2.73. The van der Waals surface area contributed by atoms with Crippen LogP contribution in [0.4, 0.5) is 9.59 Å². The molecule has 2 aliphatic heterocycles. The first-order chi connectivity index (χ1) is 8.02. The Labute approximate surface area is 100 Å². The average molecular weight is 270 g/mol. The summed E-state index contributed by atoms with van der Waals surface area (Å²) in [4.78, 5) is 44.9. The molecule has 2 N–H and O–H groups in total. The number of hydrogen-bond donors (Lipinski definition) is 2. The van der Waals surface area contributed by atoms with Gasteiger partial charge in [-0.05, 0) is 0 Å². The van der Waals surface area contributed by atoms with E-state index in [1.807, 2.05) is 0 Å². The molecule has 2 heterocycles. The Kier molecular flexibility index (Phi) is 2.95. The predicted octanol–water partition coefficient (Wildman–Crippen LogP) is -2.82. The van der Waals surface area contributed by atoms with E-state index >= 15 is 0 Å². The van der Waals surface area contributed by atoms with Gasteiger partial charge in [-0.15, -0.1) is 0 Å². The van der Waals surface area contributed by atoms with Crippen LogP contribution in [0.2, 0.25) is 0 Å². The Morgan fingerprint density at radius 1 is 1.00 bits per heavy atom. The van der Waals surface area contributed by atoms with Gasteiger partial charge in [0.2, 0.25) is 22.3 Å². The summed E-state index contributed by atoms with van der Waals surface area (Å²) in [5.74, 6) is -0.959. The lowest BCUT2D eigenvalue weighted by atomic mass is 10.7. The van der Waals surface area contributed by atoms with Gasteiger partial charge in [0.1, 0.15) is 0 Å². The summed E-state index contributed by atoms with van der Waals surface area (Å²) in [6.07, 6.45) is 0. The summed E-state index contributed by atoms with van der Waals surface area (Å²) in [7, 11) is 0.474. The Morgan fingerprint density at radius 2 is 1.41 bits per heavy atom. The van der Waals surface area contributed by atoms with Crippen molar-refractivity contribution in [1.29, 1.82) is 0 Å². The van der Waals surface area contributed by atoms with Crippen LogP contribution in [0, 0.1) is 0 Å². The van der Waals surface area contributed by atoms with Gasteiger partial charge in [0.15, 0.2) is 0 Å². The van der Waals surface area contributed by atoms with E-state index in [0.717, 1.165) is 9.13 Å². The minimum Gasteiger partial charge on any atom is -0.423 e. The molecule has 6 amide bonds. The van der Waals surface area contributed by atoms with Crippen molar-refractivity contribution in [2.45, 2.75) is 0 Å². The number of carbonyl (C=O) groups is 4. The van der Waals surface area contributed by atoms with Gasteiger partial charge < -0.3 is 13.2 Å². The van der Waals surface area contributed by atoms with E-state index < -0.39 is 33.2 Å². The van der Waals surface area contributed by atoms with Crippen molar-refractivity contribution < 1.29 is 23.3 Å². The number of urea groups is 2. The first-order valence-corrected chi connectivity index (χ1v) is 6.17. The molecule has 11 heteroatoms. The van der Waals surface area contributed by atoms with Gasteiger partial charge in [0.25, 0.3) is 0 Å². The third kappa shape index (κ3) is 2.06. The Balaban J connectivity index is 2.16. The highest BCUT2D eigenvalue weighted by Crippen LogP contribution is 2.10. The van der Waals surface area contributed by atoms with E-state index in [-0.39, 0.29) is 13.1 Å². The lowest BCUT2D eigenvalue weighted by molar-refractivity contribution is -0.118. The van der Waals surface area contributed by atoms with Gasteiger partial charge in [-0.1, -0.05) is 0 Å². The Morgan fingerprint density at radius 3 is 1.65 bits per heavy atom. The van der Waals surface area contributed by atoms with Crippen LogP contribution in [-0.4, -0.2) is 65.9 Å².